The second-order valence-electron chi connectivity index (χ2n) is 9.09. The molecule has 0 spiro atoms. The van der Waals surface area contributed by atoms with Crippen molar-refractivity contribution in [1.29, 1.82) is 5.41 Å². The van der Waals surface area contributed by atoms with Crippen molar-refractivity contribution in [2.45, 2.75) is 50.9 Å². The molecule has 1 aliphatic rings. The summed E-state index contributed by atoms with van der Waals surface area (Å²) < 4.78 is 3.11. The van der Waals surface area contributed by atoms with Crippen molar-refractivity contribution in [2.24, 2.45) is 11.5 Å². The topological polar surface area (TPSA) is 130 Å². The summed E-state index contributed by atoms with van der Waals surface area (Å²) in [7, 11) is 0. The molecule has 1 fully saturated rings. The summed E-state index contributed by atoms with van der Waals surface area (Å²) in [5.41, 5.74) is 14.9. The second-order valence-corrected chi connectivity index (χ2v) is 10.3. The first kappa shape index (κ1) is 22.6. The largest absolute Gasteiger partial charge is 0.391 e. The van der Waals surface area contributed by atoms with Gasteiger partial charge >= 0.3 is 0 Å². The fourth-order valence-corrected chi connectivity index (χ4v) is 5.83. The molecular weight excluding hydrogens is 446 g/mol. The van der Waals surface area contributed by atoms with Crippen molar-refractivity contribution < 1.29 is 9.90 Å². The predicted molar refractivity (Wildman–Crippen MR) is 138 cm³/mol. The molecule has 4 aromatic rings. The molecule has 2 heterocycles. The quantitative estimate of drug-likeness (QED) is 0.215. The molecule has 0 atom stereocenters. The first-order valence-electron chi connectivity index (χ1n) is 11.6. The third-order valence-electron chi connectivity index (χ3n) is 6.74. The number of nitrogens with two attached hydrogens (primary N) is 2. The van der Waals surface area contributed by atoms with Crippen LogP contribution in [0.3, 0.4) is 0 Å². The zero-order valence-electron chi connectivity index (χ0n) is 18.9. The van der Waals surface area contributed by atoms with E-state index in [-0.39, 0.29) is 30.4 Å². The van der Waals surface area contributed by atoms with Crippen molar-refractivity contribution in [3.63, 3.8) is 0 Å². The van der Waals surface area contributed by atoms with Gasteiger partial charge in [0.15, 0.2) is 0 Å². The van der Waals surface area contributed by atoms with E-state index >= 15 is 0 Å². The highest BCUT2D eigenvalue weighted by molar-refractivity contribution is 7.19. The number of aliphatic hydroxyl groups is 1. The number of carbonyl (C=O) groups is 1. The van der Waals surface area contributed by atoms with E-state index in [1.54, 1.807) is 11.3 Å². The lowest BCUT2D eigenvalue weighted by molar-refractivity contribution is 0.0917. The van der Waals surface area contributed by atoms with E-state index in [0.717, 1.165) is 57.1 Å². The number of nitrogen functional groups attached to an aromatic ring is 1. The van der Waals surface area contributed by atoms with Crippen molar-refractivity contribution in [1.82, 2.24) is 9.88 Å². The lowest BCUT2D eigenvalue weighted by atomic mass is 9.92. The van der Waals surface area contributed by atoms with Crippen LogP contribution in [-0.4, -0.2) is 33.5 Å². The number of rotatable bonds is 6. The number of amides is 1. The second kappa shape index (κ2) is 9.21. The Morgan fingerprint density at radius 2 is 1.94 bits per heavy atom. The summed E-state index contributed by atoms with van der Waals surface area (Å²) in [5.74, 6) is -0.110. The van der Waals surface area contributed by atoms with Crippen LogP contribution in [0.5, 0.6) is 0 Å². The molecule has 8 heteroatoms. The van der Waals surface area contributed by atoms with Gasteiger partial charge in [0.1, 0.15) is 11.5 Å². The third-order valence-corrected chi connectivity index (χ3v) is 7.83. The number of aromatic nitrogens is 1. The third kappa shape index (κ3) is 4.32. The minimum Gasteiger partial charge on any atom is -0.391 e. The highest BCUT2D eigenvalue weighted by Gasteiger charge is 2.23. The van der Waals surface area contributed by atoms with Crippen molar-refractivity contribution in [2.75, 3.05) is 0 Å². The van der Waals surface area contributed by atoms with E-state index in [4.69, 9.17) is 16.9 Å². The molecule has 2 aromatic carbocycles. The number of fused-ring (bicyclic) bond motifs is 2. The first-order valence-corrected chi connectivity index (χ1v) is 12.4. The monoisotopic (exact) mass is 475 g/mol. The van der Waals surface area contributed by atoms with Crippen LogP contribution < -0.4 is 16.8 Å². The van der Waals surface area contributed by atoms with Gasteiger partial charge in [0.25, 0.3) is 5.91 Å². The smallest absolute Gasteiger partial charge is 0.268 e. The van der Waals surface area contributed by atoms with Crippen LogP contribution in [0.2, 0.25) is 0 Å². The van der Waals surface area contributed by atoms with Gasteiger partial charge in [-0.25, -0.2) is 0 Å². The van der Waals surface area contributed by atoms with Gasteiger partial charge in [0, 0.05) is 44.7 Å². The molecule has 7 nitrogen and oxygen atoms in total. The summed E-state index contributed by atoms with van der Waals surface area (Å²) >= 11 is 1.57. The Balaban J connectivity index is 1.57. The maximum atomic E-state index is 13.4. The molecule has 2 aromatic heterocycles. The highest BCUT2D eigenvalue weighted by atomic mass is 32.1. The van der Waals surface area contributed by atoms with Gasteiger partial charge in [-0.1, -0.05) is 24.3 Å². The number of hydrogen-bond donors (Lipinski definition) is 5. The van der Waals surface area contributed by atoms with Crippen LogP contribution in [0.15, 0.2) is 48.5 Å². The summed E-state index contributed by atoms with van der Waals surface area (Å²) in [6.45, 7) is 0.494. The lowest BCUT2D eigenvalue weighted by Crippen LogP contribution is -2.41. The minimum absolute atomic E-state index is 0.00586. The van der Waals surface area contributed by atoms with E-state index < -0.39 is 0 Å². The van der Waals surface area contributed by atoms with Crippen LogP contribution in [-0.2, 0) is 13.2 Å². The Bertz CT molecular complexity index is 1380. The normalized spacial score (nSPS) is 18.4. The van der Waals surface area contributed by atoms with Gasteiger partial charge in [-0.05, 0) is 60.9 Å². The van der Waals surface area contributed by atoms with Crippen molar-refractivity contribution in [3.05, 3.63) is 70.2 Å². The lowest BCUT2D eigenvalue weighted by Gasteiger charge is -2.27. The molecule has 0 radical (unpaired) electrons. The van der Waals surface area contributed by atoms with Crippen LogP contribution in [0.4, 0.5) is 0 Å². The molecule has 1 aliphatic carbocycles. The van der Waals surface area contributed by atoms with Gasteiger partial charge < -0.3 is 26.5 Å². The summed E-state index contributed by atoms with van der Waals surface area (Å²) in [6, 6.07) is 16.0. The van der Waals surface area contributed by atoms with Gasteiger partial charge in [-0.15, -0.1) is 11.3 Å². The Labute approximate surface area is 201 Å². The van der Waals surface area contributed by atoms with Crippen LogP contribution in [0.1, 0.15) is 52.2 Å². The summed E-state index contributed by atoms with van der Waals surface area (Å²) in [6.07, 6.45) is 3.62. The van der Waals surface area contributed by atoms with Gasteiger partial charge in [0.05, 0.1) is 6.61 Å². The number of carbonyl (C=O) groups excluding carboxylic acids is 1. The maximum absolute atomic E-state index is 13.4. The molecule has 176 valence electrons. The fourth-order valence-electron chi connectivity index (χ4n) is 4.86. The van der Waals surface area contributed by atoms with E-state index in [1.165, 1.54) is 0 Å². The Morgan fingerprint density at radius 3 is 2.68 bits per heavy atom. The average molecular weight is 476 g/mol. The van der Waals surface area contributed by atoms with Crippen LogP contribution >= 0.6 is 11.3 Å². The average Bonchev–Trinajstić information content (AvgIpc) is 3.42. The molecule has 34 heavy (non-hydrogen) atoms. The zero-order valence-corrected chi connectivity index (χ0v) is 19.7. The Morgan fingerprint density at radius 1 is 1.15 bits per heavy atom. The Hall–Kier alpha value is -3.20. The summed E-state index contributed by atoms with van der Waals surface area (Å²) in [5, 5.41) is 22.7. The number of thiophene rings is 1. The van der Waals surface area contributed by atoms with E-state index in [0.29, 0.717) is 17.8 Å². The van der Waals surface area contributed by atoms with Crippen molar-refractivity contribution in [3.8, 4) is 0 Å². The molecule has 7 N–H and O–H groups in total. The fraction of sp³-hybridized carbons (Fsp3) is 0.308. The van der Waals surface area contributed by atoms with E-state index in [2.05, 4.69) is 11.4 Å². The molecule has 1 saturated carbocycles. The van der Waals surface area contributed by atoms with Crippen molar-refractivity contribution >= 4 is 44.1 Å². The molecule has 5 rings (SSSR count). The molecule has 0 aliphatic heterocycles. The number of amidine groups is 1. The first-order chi connectivity index (χ1) is 16.4. The van der Waals surface area contributed by atoms with E-state index in [1.807, 2.05) is 47.0 Å². The molecule has 1 amide bonds. The Kier molecular flexibility index (Phi) is 6.12. The molecule has 0 saturated heterocycles. The van der Waals surface area contributed by atoms with Gasteiger partial charge in [-0.2, -0.15) is 0 Å². The number of nitrogens with one attached hydrogen (secondary N) is 2. The van der Waals surface area contributed by atoms with Gasteiger partial charge in [-0.3, -0.25) is 10.2 Å². The summed E-state index contributed by atoms with van der Waals surface area (Å²) in [4.78, 5) is 14.4. The molecule has 0 unspecified atom stereocenters. The van der Waals surface area contributed by atoms with Crippen LogP contribution in [0.25, 0.3) is 21.0 Å². The van der Waals surface area contributed by atoms with Crippen LogP contribution in [0, 0.1) is 5.41 Å². The molecular formula is C26H29N5O2S. The van der Waals surface area contributed by atoms with E-state index in [9.17, 15) is 9.90 Å². The van der Waals surface area contributed by atoms with Gasteiger partial charge in [0.2, 0.25) is 0 Å². The number of hydrogen-bond acceptors (Lipinski definition) is 5. The SMILES string of the molecule is N=C(N)c1ccc2cc(C(=O)N[C@H]3CC[C@H](N)CC3)n(Cc3cccc4sc(CO)cc34)c2c1. The number of aliphatic hydroxyl groups excluding tert-OH is 1. The predicted octanol–water partition coefficient (Wildman–Crippen LogP) is 3.68. The number of nitrogens with zero attached hydrogens (tertiary/aromatic N) is 1. The molecule has 0 bridgehead atoms. The minimum atomic E-state index is -0.102. The maximum Gasteiger partial charge on any atom is 0.268 e. The zero-order chi connectivity index (χ0) is 23.8. The standard InChI is InChI=1S/C26H29N5O2S/c27-18-6-8-19(9-7-18)30-26(33)23-10-15-4-5-16(25(28)29)11-22(15)31(23)13-17-2-1-3-24-21(17)12-20(14-32)34-24/h1-5,10-12,18-19,32H,6-9,13-14,27H2,(H3,28,29)(H,30,33)/t18-,19-. The number of benzene rings is 2. The highest BCUT2D eigenvalue weighted by Crippen LogP contribution is 2.31.